The van der Waals surface area contributed by atoms with Crippen LogP contribution in [0.2, 0.25) is 0 Å². The van der Waals surface area contributed by atoms with Crippen LogP contribution in [-0.4, -0.2) is 24.1 Å². The van der Waals surface area contributed by atoms with Crippen LogP contribution in [0.4, 0.5) is 4.79 Å². The number of carbonyl (C=O) groups is 2. The Bertz CT molecular complexity index is 869. The van der Waals surface area contributed by atoms with Crippen molar-refractivity contribution in [2.24, 2.45) is 0 Å². The van der Waals surface area contributed by atoms with Crippen LogP contribution >= 0.6 is 0 Å². The van der Waals surface area contributed by atoms with Crippen LogP contribution in [0.25, 0.3) is 10.9 Å². The average molecular weight is 337 g/mol. The first-order valence-electron chi connectivity index (χ1n) is 7.91. The summed E-state index contributed by atoms with van der Waals surface area (Å²) in [6.07, 6.45) is 0. The molecule has 2 amide bonds. The third-order valence-corrected chi connectivity index (χ3v) is 3.83. The second-order valence-electron chi connectivity index (χ2n) is 5.61. The molecule has 3 aromatic rings. The van der Waals surface area contributed by atoms with Crippen molar-refractivity contribution in [1.82, 2.24) is 15.6 Å². The third kappa shape index (κ3) is 4.17. The molecule has 0 spiro atoms. The summed E-state index contributed by atoms with van der Waals surface area (Å²) >= 11 is 0. The summed E-state index contributed by atoms with van der Waals surface area (Å²) in [5.41, 5.74) is 3.26. The van der Waals surface area contributed by atoms with Crippen molar-refractivity contribution in [3.63, 3.8) is 0 Å². The number of aromatic amines is 1. The van der Waals surface area contributed by atoms with Gasteiger partial charge >= 0.3 is 12.0 Å². The van der Waals surface area contributed by atoms with E-state index in [0.29, 0.717) is 18.7 Å². The molecule has 1 aromatic heterocycles. The summed E-state index contributed by atoms with van der Waals surface area (Å²) in [4.78, 5) is 26.7. The van der Waals surface area contributed by atoms with Gasteiger partial charge in [0.1, 0.15) is 0 Å². The van der Waals surface area contributed by atoms with Crippen molar-refractivity contribution >= 4 is 22.9 Å². The predicted octanol–water partition coefficient (Wildman–Crippen LogP) is 2.95. The highest BCUT2D eigenvalue weighted by atomic mass is 16.5. The van der Waals surface area contributed by atoms with E-state index in [1.807, 2.05) is 36.4 Å². The van der Waals surface area contributed by atoms with Crippen molar-refractivity contribution in [2.75, 3.05) is 7.11 Å². The lowest BCUT2D eigenvalue weighted by Gasteiger charge is -2.08. The SMILES string of the molecule is COC(=O)c1cccc(CNC(=O)NCc2cc3ccccc3[nH]2)c1. The maximum absolute atomic E-state index is 12.0. The molecule has 0 saturated heterocycles. The number of carbonyl (C=O) groups excluding carboxylic acids is 2. The van der Waals surface area contributed by atoms with Gasteiger partial charge in [-0.3, -0.25) is 0 Å². The van der Waals surface area contributed by atoms with E-state index in [1.165, 1.54) is 7.11 Å². The van der Waals surface area contributed by atoms with Gasteiger partial charge in [0.15, 0.2) is 0 Å². The second-order valence-corrected chi connectivity index (χ2v) is 5.61. The Kier molecular flexibility index (Phi) is 4.99. The summed E-state index contributed by atoms with van der Waals surface area (Å²) in [6, 6.07) is 16.6. The molecule has 3 N–H and O–H groups in total. The molecular formula is C19H19N3O3. The largest absolute Gasteiger partial charge is 0.465 e. The Morgan fingerprint density at radius 3 is 2.60 bits per heavy atom. The molecule has 0 radical (unpaired) electrons. The minimum Gasteiger partial charge on any atom is -0.465 e. The van der Waals surface area contributed by atoms with Crippen LogP contribution in [0.1, 0.15) is 21.6 Å². The zero-order valence-corrected chi connectivity index (χ0v) is 13.8. The van der Waals surface area contributed by atoms with Gasteiger partial charge in [-0.2, -0.15) is 0 Å². The lowest BCUT2D eigenvalue weighted by Crippen LogP contribution is -2.34. The van der Waals surface area contributed by atoms with Crippen LogP contribution in [0.3, 0.4) is 0 Å². The number of hydrogen-bond acceptors (Lipinski definition) is 3. The predicted molar refractivity (Wildman–Crippen MR) is 95.2 cm³/mol. The second kappa shape index (κ2) is 7.53. The highest BCUT2D eigenvalue weighted by molar-refractivity contribution is 5.89. The van der Waals surface area contributed by atoms with Gasteiger partial charge in [-0.15, -0.1) is 0 Å². The molecule has 1 heterocycles. The van der Waals surface area contributed by atoms with Crippen molar-refractivity contribution < 1.29 is 14.3 Å². The average Bonchev–Trinajstić information content (AvgIpc) is 3.07. The molecule has 0 fully saturated rings. The molecule has 0 aliphatic carbocycles. The molecule has 128 valence electrons. The molecule has 0 aliphatic heterocycles. The van der Waals surface area contributed by atoms with E-state index in [0.717, 1.165) is 22.2 Å². The van der Waals surface area contributed by atoms with Gasteiger partial charge < -0.3 is 20.4 Å². The lowest BCUT2D eigenvalue weighted by molar-refractivity contribution is 0.0600. The Morgan fingerprint density at radius 1 is 1.00 bits per heavy atom. The van der Waals surface area contributed by atoms with Gasteiger partial charge in [0.2, 0.25) is 0 Å². The summed E-state index contributed by atoms with van der Waals surface area (Å²) in [5.74, 6) is -0.398. The Morgan fingerprint density at radius 2 is 1.80 bits per heavy atom. The number of fused-ring (bicyclic) bond motifs is 1. The molecule has 0 saturated carbocycles. The first kappa shape index (κ1) is 16.6. The molecule has 6 heteroatoms. The van der Waals surface area contributed by atoms with Gasteiger partial charge in [0.25, 0.3) is 0 Å². The molecule has 0 atom stereocenters. The number of esters is 1. The lowest BCUT2D eigenvalue weighted by atomic mass is 10.1. The fourth-order valence-electron chi connectivity index (χ4n) is 2.58. The number of hydrogen-bond donors (Lipinski definition) is 3. The molecule has 0 bridgehead atoms. The number of benzene rings is 2. The van der Waals surface area contributed by atoms with E-state index in [-0.39, 0.29) is 6.03 Å². The Hall–Kier alpha value is -3.28. The van der Waals surface area contributed by atoms with Gasteiger partial charge in [-0.1, -0.05) is 30.3 Å². The third-order valence-electron chi connectivity index (χ3n) is 3.83. The number of H-pyrrole nitrogens is 1. The molecule has 6 nitrogen and oxygen atoms in total. The number of methoxy groups -OCH3 is 1. The Balaban J connectivity index is 1.52. The molecular weight excluding hydrogens is 318 g/mol. The van der Waals surface area contributed by atoms with E-state index in [2.05, 4.69) is 20.4 Å². The number of urea groups is 1. The first-order valence-corrected chi connectivity index (χ1v) is 7.91. The van der Waals surface area contributed by atoms with E-state index >= 15 is 0 Å². The molecule has 0 aliphatic rings. The van der Waals surface area contributed by atoms with Gasteiger partial charge in [0, 0.05) is 17.8 Å². The molecule has 0 unspecified atom stereocenters. The summed E-state index contributed by atoms with van der Waals surface area (Å²) in [5, 5.41) is 6.69. The van der Waals surface area contributed by atoms with Gasteiger partial charge in [0.05, 0.1) is 19.2 Å². The van der Waals surface area contributed by atoms with Crippen LogP contribution in [-0.2, 0) is 17.8 Å². The standard InChI is InChI=1S/C19H19N3O3/c1-25-18(23)15-7-4-5-13(9-15)11-20-19(24)21-12-16-10-14-6-2-3-8-17(14)22-16/h2-10,22H,11-12H2,1H3,(H2,20,21,24). The number of para-hydroxylation sites is 1. The summed E-state index contributed by atoms with van der Waals surface area (Å²) in [6.45, 7) is 0.728. The van der Waals surface area contributed by atoms with Crippen LogP contribution in [0.15, 0.2) is 54.6 Å². The van der Waals surface area contributed by atoms with Crippen LogP contribution in [0.5, 0.6) is 0 Å². The Labute approximate surface area is 145 Å². The summed E-state index contributed by atoms with van der Waals surface area (Å²) < 4.78 is 4.69. The fourth-order valence-corrected chi connectivity index (χ4v) is 2.58. The maximum Gasteiger partial charge on any atom is 0.337 e. The van der Waals surface area contributed by atoms with Crippen LogP contribution < -0.4 is 10.6 Å². The number of rotatable bonds is 5. The van der Waals surface area contributed by atoms with Crippen molar-refractivity contribution in [1.29, 1.82) is 0 Å². The number of nitrogens with one attached hydrogen (secondary N) is 3. The van der Waals surface area contributed by atoms with Gasteiger partial charge in [-0.25, -0.2) is 9.59 Å². The highest BCUT2D eigenvalue weighted by Crippen LogP contribution is 2.14. The fraction of sp³-hybridized carbons (Fsp3) is 0.158. The van der Waals surface area contributed by atoms with E-state index < -0.39 is 5.97 Å². The van der Waals surface area contributed by atoms with E-state index in [9.17, 15) is 9.59 Å². The topological polar surface area (TPSA) is 83.2 Å². The van der Waals surface area contributed by atoms with Crippen molar-refractivity contribution in [3.05, 3.63) is 71.4 Å². The number of amides is 2. The van der Waals surface area contributed by atoms with Crippen molar-refractivity contribution in [3.8, 4) is 0 Å². The van der Waals surface area contributed by atoms with Gasteiger partial charge in [-0.05, 0) is 35.2 Å². The zero-order valence-electron chi connectivity index (χ0n) is 13.8. The zero-order chi connectivity index (χ0) is 17.6. The maximum atomic E-state index is 12.0. The molecule has 2 aromatic carbocycles. The van der Waals surface area contributed by atoms with E-state index in [4.69, 9.17) is 0 Å². The first-order chi connectivity index (χ1) is 12.2. The normalized spacial score (nSPS) is 10.4. The van der Waals surface area contributed by atoms with Crippen LogP contribution in [0, 0.1) is 0 Å². The minimum atomic E-state index is -0.398. The summed E-state index contributed by atoms with van der Waals surface area (Å²) in [7, 11) is 1.34. The monoisotopic (exact) mass is 337 g/mol. The smallest absolute Gasteiger partial charge is 0.337 e. The number of ether oxygens (including phenoxy) is 1. The molecule has 3 rings (SSSR count). The number of aromatic nitrogens is 1. The van der Waals surface area contributed by atoms with E-state index in [1.54, 1.807) is 18.2 Å². The highest BCUT2D eigenvalue weighted by Gasteiger charge is 2.07. The van der Waals surface area contributed by atoms with Crippen molar-refractivity contribution in [2.45, 2.75) is 13.1 Å². The quantitative estimate of drug-likeness (QED) is 0.626. The molecule has 25 heavy (non-hydrogen) atoms. The minimum absolute atomic E-state index is 0.276.